The topological polar surface area (TPSA) is 12.4 Å². The van der Waals surface area contributed by atoms with Crippen LogP contribution >= 0.6 is 0 Å². The molecule has 0 spiro atoms. The van der Waals surface area contributed by atoms with Crippen molar-refractivity contribution in [3.63, 3.8) is 0 Å². The smallest absolute Gasteiger partial charge is 0.0587 e. The molecule has 1 aliphatic heterocycles. The SMILES string of the molecule is C=CC1=CCC(C(CC(C)C)CC(C)(C)C)=N1. The van der Waals surface area contributed by atoms with Crippen LogP contribution in [0.5, 0.6) is 0 Å². The summed E-state index contributed by atoms with van der Waals surface area (Å²) in [5.74, 6) is 1.36. The summed E-state index contributed by atoms with van der Waals surface area (Å²) in [5.41, 5.74) is 2.80. The first-order valence-electron chi connectivity index (χ1n) is 6.72. The molecule has 0 radical (unpaired) electrons. The fourth-order valence-electron chi connectivity index (χ4n) is 2.50. The maximum Gasteiger partial charge on any atom is 0.0587 e. The number of aliphatic imine (C=N–C) groups is 1. The van der Waals surface area contributed by atoms with Crippen LogP contribution in [0, 0.1) is 17.3 Å². The molecule has 1 nitrogen and oxygen atoms in total. The van der Waals surface area contributed by atoms with Crippen molar-refractivity contribution in [1.82, 2.24) is 0 Å². The first-order valence-corrected chi connectivity index (χ1v) is 6.72. The minimum atomic E-state index is 0.374. The zero-order valence-electron chi connectivity index (χ0n) is 12.1. The Bertz CT molecular complexity index is 326. The first-order chi connectivity index (χ1) is 7.81. The minimum absolute atomic E-state index is 0.374. The molecule has 0 amide bonds. The van der Waals surface area contributed by atoms with E-state index in [0.29, 0.717) is 11.3 Å². The Hall–Kier alpha value is -0.850. The minimum Gasteiger partial charge on any atom is -0.258 e. The van der Waals surface area contributed by atoms with Gasteiger partial charge in [0.1, 0.15) is 0 Å². The molecule has 0 fully saturated rings. The van der Waals surface area contributed by atoms with Crippen LogP contribution < -0.4 is 0 Å². The van der Waals surface area contributed by atoms with E-state index in [1.165, 1.54) is 18.6 Å². The van der Waals surface area contributed by atoms with Crippen LogP contribution in [0.4, 0.5) is 0 Å². The van der Waals surface area contributed by atoms with Gasteiger partial charge in [-0.1, -0.05) is 47.3 Å². The van der Waals surface area contributed by atoms with E-state index < -0.39 is 0 Å². The summed E-state index contributed by atoms with van der Waals surface area (Å²) >= 11 is 0. The highest BCUT2D eigenvalue weighted by atomic mass is 14.8. The number of rotatable bonds is 5. The summed E-state index contributed by atoms with van der Waals surface area (Å²) in [7, 11) is 0. The van der Waals surface area contributed by atoms with Gasteiger partial charge in [-0.25, -0.2) is 0 Å². The molecule has 0 N–H and O–H groups in total. The first kappa shape index (κ1) is 14.2. The molecule has 0 aliphatic carbocycles. The van der Waals surface area contributed by atoms with Gasteiger partial charge in [0.25, 0.3) is 0 Å². The van der Waals surface area contributed by atoms with Gasteiger partial charge in [0.05, 0.1) is 5.70 Å². The molecule has 96 valence electrons. The molecule has 1 heterocycles. The summed E-state index contributed by atoms with van der Waals surface area (Å²) in [6, 6.07) is 0. The molecule has 0 aromatic heterocycles. The third-order valence-corrected chi connectivity index (χ3v) is 3.09. The van der Waals surface area contributed by atoms with Gasteiger partial charge in [0.15, 0.2) is 0 Å². The summed E-state index contributed by atoms with van der Waals surface area (Å²) in [6.07, 6.45) is 7.54. The Kier molecular flexibility index (Phi) is 4.73. The summed E-state index contributed by atoms with van der Waals surface area (Å²) in [5, 5.41) is 0. The van der Waals surface area contributed by atoms with Crippen molar-refractivity contribution in [3.8, 4) is 0 Å². The Morgan fingerprint density at radius 2 is 2.06 bits per heavy atom. The Morgan fingerprint density at radius 1 is 1.41 bits per heavy atom. The van der Waals surface area contributed by atoms with E-state index in [1.54, 1.807) is 0 Å². The third kappa shape index (κ3) is 4.89. The van der Waals surface area contributed by atoms with E-state index >= 15 is 0 Å². The van der Waals surface area contributed by atoms with Crippen molar-refractivity contribution in [2.75, 3.05) is 0 Å². The van der Waals surface area contributed by atoms with E-state index in [1.807, 2.05) is 6.08 Å². The van der Waals surface area contributed by atoms with Crippen LogP contribution in [0.3, 0.4) is 0 Å². The third-order valence-electron chi connectivity index (χ3n) is 3.09. The quantitative estimate of drug-likeness (QED) is 0.633. The standard InChI is InChI=1S/C16H27N/c1-7-14-8-9-15(17-14)13(10-12(2)3)11-16(4,5)6/h7-8,12-13H,1,9-11H2,2-6H3. The molecular formula is C16H27N. The van der Waals surface area contributed by atoms with Crippen molar-refractivity contribution >= 4 is 5.71 Å². The van der Waals surface area contributed by atoms with Gasteiger partial charge >= 0.3 is 0 Å². The molecule has 0 saturated heterocycles. The van der Waals surface area contributed by atoms with Crippen molar-refractivity contribution in [2.24, 2.45) is 22.2 Å². The van der Waals surface area contributed by atoms with Crippen molar-refractivity contribution < 1.29 is 0 Å². The zero-order valence-corrected chi connectivity index (χ0v) is 12.1. The molecule has 1 unspecified atom stereocenters. The van der Waals surface area contributed by atoms with Gasteiger partial charge in [-0.2, -0.15) is 0 Å². The molecular weight excluding hydrogens is 206 g/mol. The highest BCUT2D eigenvalue weighted by molar-refractivity contribution is 5.91. The summed E-state index contributed by atoms with van der Waals surface area (Å²) in [4.78, 5) is 4.70. The van der Waals surface area contributed by atoms with Crippen molar-refractivity contribution in [2.45, 2.75) is 53.9 Å². The van der Waals surface area contributed by atoms with Crippen LogP contribution in [0.2, 0.25) is 0 Å². The fraction of sp³-hybridized carbons (Fsp3) is 0.688. The number of hydrogen-bond donors (Lipinski definition) is 0. The summed E-state index contributed by atoms with van der Waals surface area (Å²) < 4.78 is 0. The van der Waals surface area contributed by atoms with E-state index in [-0.39, 0.29) is 0 Å². The Morgan fingerprint density at radius 3 is 2.47 bits per heavy atom. The van der Waals surface area contributed by atoms with Gasteiger partial charge in [0.2, 0.25) is 0 Å². The highest BCUT2D eigenvalue weighted by Crippen LogP contribution is 2.32. The van der Waals surface area contributed by atoms with E-state index in [4.69, 9.17) is 4.99 Å². The highest BCUT2D eigenvalue weighted by Gasteiger charge is 2.25. The fourth-order valence-corrected chi connectivity index (χ4v) is 2.50. The lowest BCUT2D eigenvalue weighted by Gasteiger charge is -2.27. The monoisotopic (exact) mass is 233 g/mol. The molecule has 0 aromatic rings. The van der Waals surface area contributed by atoms with Crippen LogP contribution in [0.25, 0.3) is 0 Å². The number of allylic oxidation sites excluding steroid dienone is 2. The number of hydrogen-bond acceptors (Lipinski definition) is 1. The second-order valence-corrected chi connectivity index (χ2v) is 6.73. The molecule has 0 saturated carbocycles. The molecule has 17 heavy (non-hydrogen) atoms. The second-order valence-electron chi connectivity index (χ2n) is 6.73. The molecule has 0 aromatic carbocycles. The largest absolute Gasteiger partial charge is 0.258 e. The Labute approximate surface area is 107 Å². The molecule has 1 aliphatic rings. The predicted molar refractivity (Wildman–Crippen MR) is 77.3 cm³/mol. The second kappa shape index (κ2) is 5.66. The van der Waals surface area contributed by atoms with Gasteiger partial charge < -0.3 is 0 Å². The number of nitrogens with zero attached hydrogens (tertiary/aromatic N) is 1. The average molecular weight is 233 g/mol. The van der Waals surface area contributed by atoms with Gasteiger partial charge in [0, 0.05) is 12.1 Å². The zero-order chi connectivity index (χ0) is 13.1. The molecule has 1 atom stereocenters. The van der Waals surface area contributed by atoms with E-state index in [9.17, 15) is 0 Å². The molecule has 1 rings (SSSR count). The van der Waals surface area contributed by atoms with Crippen LogP contribution in [-0.2, 0) is 0 Å². The van der Waals surface area contributed by atoms with Crippen molar-refractivity contribution in [1.29, 1.82) is 0 Å². The lowest BCUT2D eigenvalue weighted by molar-refractivity contribution is 0.309. The maximum absolute atomic E-state index is 4.70. The lowest BCUT2D eigenvalue weighted by atomic mass is 9.78. The van der Waals surface area contributed by atoms with E-state index in [2.05, 4.69) is 47.3 Å². The van der Waals surface area contributed by atoms with E-state index in [0.717, 1.165) is 18.0 Å². The van der Waals surface area contributed by atoms with Crippen LogP contribution in [0.1, 0.15) is 53.9 Å². The molecule has 1 heteroatoms. The van der Waals surface area contributed by atoms with Crippen LogP contribution in [-0.4, -0.2) is 5.71 Å². The summed E-state index contributed by atoms with van der Waals surface area (Å²) in [6.45, 7) is 15.3. The van der Waals surface area contributed by atoms with Crippen LogP contribution in [0.15, 0.2) is 29.4 Å². The lowest BCUT2D eigenvalue weighted by Crippen LogP contribution is -2.21. The Balaban J connectivity index is 2.75. The maximum atomic E-state index is 4.70. The van der Waals surface area contributed by atoms with Gasteiger partial charge in [-0.3, -0.25) is 4.99 Å². The van der Waals surface area contributed by atoms with Gasteiger partial charge in [-0.15, -0.1) is 0 Å². The average Bonchev–Trinajstić information content (AvgIpc) is 2.61. The van der Waals surface area contributed by atoms with Crippen molar-refractivity contribution in [3.05, 3.63) is 24.4 Å². The normalized spacial score (nSPS) is 18.0. The predicted octanol–water partition coefficient (Wildman–Crippen LogP) is 5.00. The molecule has 0 bridgehead atoms. The van der Waals surface area contributed by atoms with Gasteiger partial charge in [-0.05, 0) is 36.2 Å².